The van der Waals surface area contributed by atoms with Crippen molar-refractivity contribution in [1.82, 2.24) is 5.48 Å². The Balaban J connectivity index is 1.91. The monoisotopic (exact) mass is 207 g/mol. The predicted molar refractivity (Wildman–Crippen MR) is 58.2 cm³/mol. The van der Waals surface area contributed by atoms with E-state index in [1.54, 1.807) is 7.11 Å². The largest absolute Gasteiger partial charge is 0.390 e. The molecule has 1 aromatic carbocycles. The maximum absolute atomic E-state index is 9.76. The van der Waals surface area contributed by atoms with E-state index in [9.17, 15) is 5.11 Å². The van der Waals surface area contributed by atoms with Gasteiger partial charge in [0.05, 0.1) is 12.7 Å². The highest BCUT2D eigenvalue weighted by Crippen LogP contribution is 2.38. The minimum Gasteiger partial charge on any atom is -0.390 e. The molecule has 0 saturated heterocycles. The summed E-state index contributed by atoms with van der Waals surface area (Å²) in [5.74, 6) is 0. The minimum absolute atomic E-state index is 0.397. The average Bonchev–Trinajstić information content (AvgIpc) is 2.95. The van der Waals surface area contributed by atoms with E-state index >= 15 is 0 Å². The molecule has 2 rings (SSSR count). The maximum Gasteiger partial charge on any atom is 0.0690 e. The normalized spacial score (nSPS) is 17.7. The lowest BCUT2D eigenvalue weighted by molar-refractivity contribution is 0.0867. The van der Waals surface area contributed by atoms with E-state index in [0.717, 1.165) is 19.3 Å². The van der Waals surface area contributed by atoms with Gasteiger partial charge in [-0.05, 0) is 24.0 Å². The van der Waals surface area contributed by atoms with E-state index in [0.29, 0.717) is 6.54 Å². The molecular formula is C12H17NO2. The third kappa shape index (κ3) is 3.02. The van der Waals surface area contributed by atoms with Crippen LogP contribution in [0.5, 0.6) is 0 Å². The molecule has 1 saturated carbocycles. The van der Waals surface area contributed by atoms with E-state index in [1.165, 1.54) is 11.1 Å². The summed E-state index contributed by atoms with van der Waals surface area (Å²) in [5.41, 5.74) is 4.79. The lowest BCUT2D eigenvalue weighted by Crippen LogP contribution is -2.12. The van der Waals surface area contributed by atoms with Gasteiger partial charge >= 0.3 is 0 Å². The fraction of sp³-hybridized carbons (Fsp3) is 0.500. The zero-order valence-electron chi connectivity index (χ0n) is 8.99. The van der Waals surface area contributed by atoms with Crippen molar-refractivity contribution >= 4 is 0 Å². The highest BCUT2D eigenvalue weighted by Gasteiger charge is 2.39. The smallest absolute Gasteiger partial charge is 0.0690 e. The Labute approximate surface area is 90.0 Å². The third-order valence-corrected chi connectivity index (χ3v) is 2.80. The van der Waals surface area contributed by atoms with Gasteiger partial charge in [-0.15, -0.1) is 0 Å². The molecule has 2 N–H and O–H groups in total. The average molecular weight is 207 g/mol. The summed E-state index contributed by atoms with van der Waals surface area (Å²) < 4.78 is 0. The fourth-order valence-corrected chi connectivity index (χ4v) is 1.63. The quantitative estimate of drug-likeness (QED) is 0.717. The highest BCUT2D eigenvalue weighted by atomic mass is 16.6. The second-order valence-electron chi connectivity index (χ2n) is 4.24. The molecule has 0 spiro atoms. The SMILES string of the molecule is CONCc1ccc(CC2(O)CC2)cc1. The van der Waals surface area contributed by atoms with Crippen molar-refractivity contribution in [1.29, 1.82) is 0 Å². The van der Waals surface area contributed by atoms with Gasteiger partial charge in [0.15, 0.2) is 0 Å². The molecule has 15 heavy (non-hydrogen) atoms. The van der Waals surface area contributed by atoms with E-state index in [-0.39, 0.29) is 0 Å². The first-order valence-electron chi connectivity index (χ1n) is 5.28. The Bertz CT molecular complexity index is 317. The van der Waals surface area contributed by atoms with Crippen LogP contribution < -0.4 is 5.48 Å². The van der Waals surface area contributed by atoms with Crippen LogP contribution in [0.2, 0.25) is 0 Å². The third-order valence-electron chi connectivity index (χ3n) is 2.80. The van der Waals surface area contributed by atoms with Gasteiger partial charge in [-0.25, -0.2) is 0 Å². The Morgan fingerprint density at radius 3 is 2.40 bits per heavy atom. The second-order valence-corrected chi connectivity index (χ2v) is 4.24. The fourth-order valence-electron chi connectivity index (χ4n) is 1.63. The van der Waals surface area contributed by atoms with Gasteiger partial charge in [-0.1, -0.05) is 24.3 Å². The summed E-state index contributed by atoms with van der Waals surface area (Å²) in [6.45, 7) is 0.709. The van der Waals surface area contributed by atoms with Crippen LogP contribution in [0.4, 0.5) is 0 Å². The van der Waals surface area contributed by atoms with Gasteiger partial charge in [0.2, 0.25) is 0 Å². The Morgan fingerprint density at radius 2 is 1.87 bits per heavy atom. The molecule has 0 radical (unpaired) electrons. The zero-order valence-corrected chi connectivity index (χ0v) is 8.99. The summed E-state index contributed by atoms with van der Waals surface area (Å²) in [4.78, 5) is 4.78. The predicted octanol–water partition coefficient (Wildman–Crippen LogP) is 1.41. The number of nitrogens with one attached hydrogen (secondary N) is 1. The summed E-state index contributed by atoms with van der Waals surface area (Å²) in [6.07, 6.45) is 2.67. The van der Waals surface area contributed by atoms with Gasteiger partial charge in [0.25, 0.3) is 0 Å². The number of hydroxylamine groups is 1. The topological polar surface area (TPSA) is 41.5 Å². The molecule has 82 valence electrons. The van der Waals surface area contributed by atoms with E-state index < -0.39 is 5.60 Å². The van der Waals surface area contributed by atoms with Gasteiger partial charge < -0.3 is 9.94 Å². The molecule has 0 atom stereocenters. The molecule has 1 aromatic rings. The first-order valence-corrected chi connectivity index (χ1v) is 5.28. The van der Waals surface area contributed by atoms with Crippen molar-refractivity contribution in [2.45, 2.75) is 31.4 Å². The van der Waals surface area contributed by atoms with Crippen molar-refractivity contribution in [3.05, 3.63) is 35.4 Å². The van der Waals surface area contributed by atoms with Crippen LogP contribution in [-0.2, 0) is 17.8 Å². The van der Waals surface area contributed by atoms with Crippen LogP contribution in [0.3, 0.4) is 0 Å². The molecule has 0 aromatic heterocycles. The van der Waals surface area contributed by atoms with E-state index in [1.807, 2.05) is 0 Å². The second kappa shape index (κ2) is 4.31. The molecule has 1 aliphatic carbocycles. The number of benzene rings is 1. The Morgan fingerprint density at radius 1 is 1.27 bits per heavy atom. The molecule has 0 bridgehead atoms. The number of rotatable bonds is 5. The minimum atomic E-state index is -0.397. The Hall–Kier alpha value is -0.900. The lowest BCUT2D eigenvalue weighted by atomic mass is 10.0. The van der Waals surface area contributed by atoms with Gasteiger partial charge in [-0.2, -0.15) is 5.48 Å². The molecule has 1 aliphatic rings. The van der Waals surface area contributed by atoms with E-state index in [4.69, 9.17) is 4.84 Å². The van der Waals surface area contributed by atoms with Crippen molar-refractivity contribution in [2.24, 2.45) is 0 Å². The molecule has 0 aliphatic heterocycles. The summed E-state index contributed by atoms with van der Waals surface area (Å²) in [6, 6.07) is 8.27. The molecule has 0 unspecified atom stereocenters. The van der Waals surface area contributed by atoms with Gasteiger partial charge in [0.1, 0.15) is 0 Å². The molecule has 1 fully saturated rings. The molecule has 3 heteroatoms. The van der Waals surface area contributed by atoms with Gasteiger partial charge in [-0.3, -0.25) is 0 Å². The van der Waals surface area contributed by atoms with E-state index in [2.05, 4.69) is 29.7 Å². The highest BCUT2D eigenvalue weighted by molar-refractivity contribution is 5.24. The van der Waals surface area contributed by atoms with Crippen molar-refractivity contribution in [3.63, 3.8) is 0 Å². The summed E-state index contributed by atoms with van der Waals surface area (Å²) in [7, 11) is 1.61. The summed E-state index contributed by atoms with van der Waals surface area (Å²) in [5, 5.41) is 9.76. The van der Waals surface area contributed by atoms with Crippen LogP contribution in [-0.4, -0.2) is 17.8 Å². The van der Waals surface area contributed by atoms with Gasteiger partial charge in [0, 0.05) is 13.0 Å². The van der Waals surface area contributed by atoms with Crippen molar-refractivity contribution in [2.75, 3.05) is 7.11 Å². The van der Waals surface area contributed by atoms with Crippen molar-refractivity contribution < 1.29 is 9.94 Å². The van der Waals surface area contributed by atoms with Crippen LogP contribution in [0.15, 0.2) is 24.3 Å². The van der Waals surface area contributed by atoms with Crippen LogP contribution in [0, 0.1) is 0 Å². The van der Waals surface area contributed by atoms with Crippen molar-refractivity contribution in [3.8, 4) is 0 Å². The molecule has 0 heterocycles. The van der Waals surface area contributed by atoms with Crippen LogP contribution in [0.25, 0.3) is 0 Å². The first-order chi connectivity index (χ1) is 7.22. The Kier molecular flexibility index (Phi) is 3.05. The standard InChI is InChI=1S/C12H17NO2/c1-15-13-9-11-4-2-10(3-5-11)8-12(14)6-7-12/h2-5,13-14H,6-9H2,1H3. The molecule has 3 nitrogen and oxygen atoms in total. The number of hydrogen-bond donors (Lipinski definition) is 2. The van der Waals surface area contributed by atoms with Crippen LogP contribution in [0.1, 0.15) is 24.0 Å². The maximum atomic E-state index is 9.76. The number of aliphatic hydroxyl groups is 1. The number of hydrogen-bond acceptors (Lipinski definition) is 3. The first kappa shape index (κ1) is 10.6. The lowest BCUT2D eigenvalue weighted by Gasteiger charge is -2.08. The zero-order chi connectivity index (χ0) is 10.7. The molecular weight excluding hydrogens is 190 g/mol. The molecule has 0 amide bonds. The summed E-state index contributed by atoms with van der Waals surface area (Å²) >= 11 is 0. The van der Waals surface area contributed by atoms with Crippen LogP contribution >= 0.6 is 0 Å².